The summed E-state index contributed by atoms with van der Waals surface area (Å²) in [6.07, 6.45) is 0. The van der Waals surface area contributed by atoms with Crippen molar-refractivity contribution in [2.24, 2.45) is 10.7 Å². The summed E-state index contributed by atoms with van der Waals surface area (Å²) in [4.78, 5) is 14.8. The van der Waals surface area contributed by atoms with Crippen molar-refractivity contribution in [3.05, 3.63) is 34.9 Å². The van der Waals surface area contributed by atoms with Crippen molar-refractivity contribution in [1.82, 2.24) is 0 Å². The van der Waals surface area contributed by atoms with Gasteiger partial charge in [0.2, 0.25) is 0 Å². The molecule has 60 valence electrons. The smallest absolute Gasteiger partial charge is 0.279 e. The molecule has 0 radical (unpaired) electrons. The molecule has 3 heteroatoms. The zero-order valence-electron chi connectivity index (χ0n) is 6.66. The van der Waals surface area contributed by atoms with Gasteiger partial charge in [0.15, 0.2) is 0 Å². The highest BCUT2D eigenvalue weighted by Crippen LogP contribution is 2.19. The maximum atomic E-state index is 11.2. The molecule has 1 aliphatic rings. The van der Waals surface area contributed by atoms with E-state index >= 15 is 0 Å². The number of aliphatic imine (C=N–C) groups is 1. The van der Waals surface area contributed by atoms with E-state index in [1.54, 1.807) is 6.07 Å². The number of amides is 1. The van der Waals surface area contributed by atoms with Crippen LogP contribution < -0.4 is 5.73 Å². The highest BCUT2D eigenvalue weighted by Gasteiger charge is 2.21. The van der Waals surface area contributed by atoms with Gasteiger partial charge in [-0.05, 0) is 18.6 Å². The van der Waals surface area contributed by atoms with Crippen molar-refractivity contribution < 1.29 is 4.79 Å². The van der Waals surface area contributed by atoms with Crippen LogP contribution in [0.15, 0.2) is 23.2 Å². The zero-order valence-corrected chi connectivity index (χ0v) is 6.66. The Bertz CT molecular complexity index is 394. The minimum absolute atomic E-state index is 0.230. The average molecular weight is 160 g/mol. The number of benzene rings is 1. The fourth-order valence-electron chi connectivity index (χ4n) is 1.41. The van der Waals surface area contributed by atoms with E-state index in [0.29, 0.717) is 11.4 Å². The van der Waals surface area contributed by atoms with Gasteiger partial charge in [-0.2, -0.15) is 4.99 Å². The van der Waals surface area contributed by atoms with E-state index in [9.17, 15) is 4.79 Å². The lowest BCUT2D eigenvalue weighted by Gasteiger charge is -2.00. The van der Waals surface area contributed by atoms with Crippen molar-refractivity contribution in [1.29, 1.82) is 0 Å². The molecule has 0 unspecified atom stereocenters. The van der Waals surface area contributed by atoms with Crippen LogP contribution in [0.5, 0.6) is 0 Å². The van der Waals surface area contributed by atoms with Gasteiger partial charge in [0.1, 0.15) is 5.84 Å². The first-order chi connectivity index (χ1) is 5.70. The van der Waals surface area contributed by atoms with Gasteiger partial charge in [-0.25, -0.2) is 0 Å². The number of hydrogen-bond donors (Lipinski definition) is 1. The second-order valence-electron chi connectivity index (χ2n) is 2.80. The second kappa shape index (κ2) is 2.17. The van der Waals surface area contributed by atoms with Gasteiger partial charge in [-0.15, -0.1) is 0 Å². The Morgan fingerprint density at radius 3 is 2.83 bits per heavy atom. The summed E-state index contributed by atoms with van der Waals surface area (Å²) in [6.45, 7) is 1.92. The summed E-state index contributed by atoms with van der Waals surface area (Å²) in [6, 6.07) is 5.49. The zero-order chi connectivity index (χ0) is 8.72. The minimum Gasteiger partial charge on any atom is -0.383 e. The number of aryl methyl sites for hydroxylation is 1. The summed E-state index contributed by atoms with van der Waals surface area (Å²) >= 11 is 0. The lowest BCUT2D eigenvalue weighted by atomic mass is 10.0. The van der Waals surface area contributed by atoms with Gasteiger partial charge < -0.3 is 5.73 Å². The first-order valence-electron chi connectivity index (χ1n) is 3.68. The van der Waals surface area contributed by atoms with Crippen LogP contribution in [0.4, 0.5) is 0 Å². The molecule has 1 aromatic rings. The molecule has 0 atom stereocenters. The molecule has 3 nitrogen and oxygen atoms in total. The maximum Gasteiger partial charge on any atom is 0.279 e. The van der Waals surface area contributed by atoms with E-state index in [4.69, 9.17) is 5.73 Å². The second-order valence-corrected chi connectivity index (χ2v) is 2.80. The molecule has 0 aromatic heterocycles. The van der Waals surface area contributed by atoms with Crippen LogP contribution >= 0.6 is 0 Å². The number of amidine groups is 1. The summed E-state index contributed by atoms with van der Waals surface area (Å²) < 4.78 is 0. The van der Waals surface area contributed by atoms with Crippen molar-refractivity contribution in [2.45, 2.75) is 6.92 Å². The largest absolute Gasteiger partial charge is 0.383 e. The van der Waals surface area contributed by atoms with Crippen molar-refractivity contribution in [2.75, 3.05) is 0 Å². The standard InChI is InChI=1S/C9H8N2O/c1-5-3-2-4-6-7(5)8(10)11-9(6)12/h2-4H,1H3,(H2,10,11,12). The molecule has 12 heavy (non-hydrogen) atoms. The Morgan fingerprint density at radius 1 is 1.42 bits per heavy atom. The van der Waals surface area contributed by atoms with E-state index in [1.165, 1.54) is 0 Å². The minimum atomic E-state index is -0.230. The molecule has 1 aromatic carbocycles. The van der Waals surface area contributed by atoms with E-state index in [0.717, 1.165) is 11.1 Å². The first-order valence-corrected chi connectivity index (χ1v) is 3.68. The number of nitrogens with zero attached hydrogens (tertiary/aromatic N) is 1. The molecule has 2 rings (SSSR count). The number of carbonyl (C=O) groups excluding carboxylic acids is 1. The summed E-state index contributed by atoms with van der Waals surface area (Å²) in [5, 5.41) is 0. The maximum absolute atomic E-state index is 11.2. The van der Waals surface area contributed by atoms with Crippen molar-refractivity contribution in [3.8, 4) is 0 Å². The summed E-state index contributed by atoms with van der Waals surface area (Å²) in [7, 11) is 0. The number of rotatable bonds is 0. The van der Waals surface area contributed by atoms with Gasteiger partial charge in [0.05, 0.1) is 5.56 Å². The molecule has 2 N–H and O–H groups in total. The lowest BCUT2D eigenvalue weighted by Crippen LogP contribution is -2.11. The molecule has 1 amide bonds. The summed E-state index contributed by atoms with van der Waals surface area (Å²) in [5.41, 5.74) is 7.98. The molecule has 1 aliphatic heterocycles. The highest BCUT2D eigenvalue weighted by atomic mass is 16.1. The predicted octanol–water partition coefficient (Wildman–Crippen LogP) is 0.854. The van der Waals surface area contributed by atoms with E-state index in [2.05, 4.69) is 4.99 Å². The number of hydrogen-bond acceptors (Lipinski definition) is 2. The van der Waals surface area contributed by atoms with Crippen LogP contribution in [0.25, 0.3) is 0 Å². The van der Waals surface area contributed by atoms with Crippen LogP contribution in [-0.2, 0) is 0 Å². The third-order valence-corrected chi connectivity index (χ3v) is 1.98. The molecule has 0 aliphatic carbocycles. The fourth-order valence-corrected chi connectivity index (χ4v) is 1.41. The van der Waals surface area contributed by atoms with Crippen LogP contribution in [0.2, 0.25) is 0 Å². The first kappa shape index (κ1) is 7.03. The van der Waals surface area contributed by atoms with E-state index in [1.807, 2.05) is 19.1 Å². The predicted molar refractivity (Wildman–Crippen MR) is 46.2 cm³/mol. The molecular weight excluding hydrogens is 152 g/mol. The van der Waals surface area contributed by atoms with Gasteiger partial charge in [0, 0.05) is 5.56 Å². The Balaban J connectivity index is 2.77. The van der Waals surface area contributed by atoms with Crippen molar-refractivity contribution >= 4 is 11.7 Å². The number of carbonyl (C=O) groups is 1. The molecule has 0 saturated carbocycles. The number of fused-ring (bicyclic) bond motifs is 1. The Morgan fingerprint density at radius 2 is 2.17 bits per heavy atom. The van der Waals surface area contributed by atoms with Crippen LogP contribution in [0, 0.1) is 6.92 Å². The highest BCUT2D eigenvalue weighted by molar-refractivity contribution is 6.20. The SMILES string of the molecule is Cc1cccc2c1C(N)=NC2=O. The topological polar surface area (TPSA) is 55.4 Å². The van der Waals surface area contributed by atoms with E-state index < -0.39 is 0 Å². The van der Waals surface area contributed by atoms with Crippen LogP contribution in [0.1, 0.15) is 21.5 Å². The Kier molecular flexibility index (Phi) is 1.27. The molecular formula is C9H8N2O. The monoisotopic (exact) mass is 160 g/mol. The molecule has 1 heterocycles. The lowest BCUT2D eigenvalue weighted by molar-refractivity contribution is 0.101. The van der Waals surface area contributed by atoms with E-state index in [-0.39, 0.29) is 5.91 Å². The average Bonchev–Trinajstić information content (AvgIpc) is 2.29. The van der Waals surface area contributed by atoms with Gasteiger partial charge in [-0.3, -0.25) is 4.79 Å². The molecule has 0 saturated heterocycles. The molecule has 0 bridgehead atoms. The number of nitrogens with two attached hydrogens (primary N) is 1. The molecule has 0 fully saturated rings. The molecule has 0 spiro atoms. The fraction of sp³-hybridized carbons (Fsp3) is 0.111. The third kappa shape index (κ3) is 0.763. The van der Waals surface area contributed by atoms with Crippen LogP contribution in [0.3, 0.4) is 0 Å². The van der Waals surface area contributed by atoms with Crippen LogP contribution in [-0.4, -0.2) is 11.7 Å². The van der Waals surface area contributed by atoms with Crippen molar-refractivity contribution in [3.63, 3.8) is 0 Å². The van der Waals surface area contributed by atoms with Gasteiger partial charge >= 0.3 is 0 Å². The Labute approximate surface area is 69.9 Å². The van der Waals surface area contributed by atoms with Gasteiger partial charge in [-0.1, -0.05) is 12.1 Å². The van der Waals surface area contributed by atoms with Gasteiger partial charge in [0.25, 0.3) is 5.91 Å². The third-order valence-electron chi connectivity index (χ3n) is 1.98. The summed E-state index contributed by atoms with van der Waals surface area (Å²) in [5.74, 6) is 0.110. The Hall–Kier alpha value is -1.64. The normalized spacial score (nSPS) is 14.4. The quantitative estimate of drug-likeness (QED) is 0.611.